The highest BCUT2D eigenvalue weighted by molar-refractivity contribution is 6.47. The van der Waals surface area contributed by atoms with Crippen LogP contribution < -0.4 is 21.2 Å². The number of imide groups is 1. The van der Waals surface area contributed by atoms with Gasteiger partial charge in [0.1, 0.15) is 11.9 Å². The minimum Gasteiger partial charge on any atom is -0.451 e. The molecular weight excluding hydrogens is 530 g/mol. The summed E-state index contributed by atoms with van der Waals surface area (Å²) in [6.07, 6.45) is 1.55. The van der Waals surface area contributed by atoms with Crippen molar-refractivity contribution in [1.82, 2.24) is 14.9 Å². The lowest BCUT2D eigenvalue weighted by Crippen LogP contribution is -2.36. The quantitative estimate of drug-likeness (QED) is 0.317. The van der Waals surface area contributed by atoms with Gasteiger partial charge >= 0.3 is 11.8 Å². The molecule has 1 aromatic heterocycles. The van der Waals surface area contributed by atoms with Crippen LogP contribution in [0.1, 0.15) is 12.5 Å². The molecule has 0 aliphatic carbocycles. The van der Waals surface area contributed by atoms with Gasteiger partial charge in [-0.25, -0.2) is 14.0 Å². The van der Waals surface area contributed by atoms with Crippen LogP contribution >= 0.6 is 23.2 Å². The predicted molar refractivity (Wildman–Crippen MR) is 132 cm³/mol. The van der Waals surface area contributed by atoms with Crippen LogP contribution in [0.3, 0.4) is 0 Å². The number of aromatic nitrogens is 2. The summed E-state index contributed by atoms with van der Waals surface area (Å²) in [5.41, 5.74) is 2.10. The molecule has 3 rings (SSSR count). The van der Waals surface area contributed by atoms with E-state index < -0.39 is 29.2 Å². The Kier molecular flexibility index (Phi) is 9.15. The highest BCUT2D eigenvalue weighted by atomic mass is 35.5. The van der Waals surface area contributed by atoms with Crippen molar-refractivity contribution in [2.24, 2.45) is 5.10 Å². The number of ether oxygens (including phenoxy) is 2. The molecule has 0 saturated carbocycles. The lowest BCUT2D eigenvalue weighted by Gasteiger charge is -2.13. The maximum atomic E-state index is 13.1. The zero-order valence-corrected chi connectivity index (χ0v) is 20.5. The maximum Gasteiger partial charge on any atom is 0.414 e. The molecule has 14 heteroatoms. The summed E-state index contributed by atoms with van der Waals surface area (Å²) in [5, 5.41) is 14.7. The molecule has 2 aromatic carbocycles. The van der Waals surface area contributed by atoms with E-state index >= 15 is 0 Å². The molecule has 2 N–H and O–H groups in total. The molecule has 1 heterocycles. The van der Waals surface area contributed by atoms with Crippen LogP contribution in [-0.4, -0.2) is 33.9 Å². The number of amides is 2. The van der Waals surface area contributed by atoms with E-state index in [1.54, 1.807) is 13.0 Å². The molecule has 190 valence electrons. The van der Waals surface area contributed by atoms with E-state index in [0.29, 0.717) is 5.56 Å². The summed E-state index contributed by atoms with van der Waals surface area (Å²) < 4.78 is 24.7. The summed E-state index contributed by atoms with van der Waals surface area (Å²) in [4.78, 5) is 39.2. The number of hydrazone groups is 1. The molecule has 0 spiro atoms. The number of nitriles is 1. The first-order valence-corrected chi connectivity index (χ1v) is 11.2. The third-order valence-corrected chi connectivity index (χ3v) is 4.99. The normalized spacial score (nSPS) is 10.8. The molecule has 0 aliphatic rings. The first-order valence-electron chi connectivity index (χ1n) is 10.4. The zero-order chi connectivity index (χ0) is 26.9. The number of carbonyl (C=O) groups is 2. The smallest absolute Gasteiger partial charge is 0.414 e. The standard InChI is InChI=1S/C23H17Cl2FN6O5/c1-2-36-23(35)29-21(33)19(9-27)31-30-15-7-17(24)20(18(25)8-15)37-16-10-28-22(34)32(12-16)11-13-3-5-14(26)6-4-13/h3-8,10,12,30H,2,11H2,1H3,(H,29,33,35). The maximum absolute atomic E-state index is 13.1. The minimum atomic E-state index is -1.08. The van der Waals surface area contributed by atoms with E-state index in [0.717, 1.165) is 0 Å². The second kappa shape index (κ2) is 12.5. The molecule has 37 heavy (non-hydrogen) atoms. The fourth-order valence-electron chi connectivity index (χ4n) is 2.79. The number of anilines is 1. The summed E-state index contributed by atoms with van der Waals surface area (Å²) >= 11 is 12.6. The summed E-state index contributed by atoms with van der Waals surface area (Å²) in [5.74, 6) is -1.30. The number of nitrogens with zero attached hydrogens (tertiary/aromatic N) is 4. The molecule has 11 nitrogen and oxygen atoms in total. The highest BCUT2D eigenvalue weighted by Crippen LogP contribution is 2.38. The van der Waals surface area contributed by atoms with Crippen molar-refractivity contribution in [3.8, 4) is 17.6 Å². The molecule has 0 bridgehead atoms. The van der Waals surface area contributed by atoms with Gasteiger partial charge < -0.3 is 9.47 Å². The van der Waals surface area contributed by atoms with Gasteiger partial charge in [0.15, 0.2) is 11.5 Å². The van der Waals surface area contributed by atoms with Crippen LogP contribution in [0.25, 0.3) is 0 Å². The van der Waals surface area contributed by atoms with E-state index in [1.165, 1.54) is 53.4 Å². The predicted octanol–water partition coefficient (Wildman–Crippen LogP) is 4.09. The molecule has 0 aliphatic heterocycles. The average Bonchev–Trinajstić information content (AvgIpc) is 2.85. The van der Waals surface area contributed by atoms with Crippen molar-refractivity contribution in [3.05, 3.63) is 80.7 Å². The van der Waals surface area contributed by atoms with Crippen LogP contribution in [-0.2, 0) is 16.1 Å². The zero-order valence-electron chi connectivity index (χ0n) is 19.0. The van der Waals surface area contributed by atoms with Crippen molar-refractivity contribution >= 4 is 46.6 Å². The molecule has 0 atom stereocenters. The van der Waals surface area contributed by atoms with Gasteiger partial charge in [0.2, 0.25) is 5.71 Å². The largest absolute Gasteiger partial charge is 0.451 e. The van der Waals surface area contributed by atoms with Crippen LogP contribution in [0.4, 0.5) is 14.9 Å². The second-order valence-electron chi connectivity index (χ2n) is 7.06. The molecule has 0 radical (unpaired) electrons. The number of halogens is 3. The Morgan fingerprint density at radius 1 is 1.22 bits per heavy atom. The molecule has 2 amide bonds. The Hall–Kier alpha value is -4.47. The van der Waals surface area contributed by atoms with E-state index in [4.69, 9.17) is 33.2 Å². The van der Waals surface area contributed by atoms with Crippen molar-refractivity contribution in [1.29, 1.82) is 5.26 Å². The Balaban J connectivity index is 1.75. The third-order valence-electron chi connectivity index (χ3n) is 4.42. The molecule has 0 fully saturated rings. The van der Waals surface area contributed by atoms with Crippen LogP contribution in [0.2, 0.25) is 10.0 Å². The van der Waals surface area contributed by atoms with Gasteiger partial charge in [-0.3, -0.25) is 20.1 Å². The fraction of sp³-hybridized carbons (Fsp3) is 0.130. The number of benzene rings is 2. The van der Waals surface area contributed by atoms with Gasteiger partial charge in [0.25, 0.3) is 5.91 Å². The monoisotopic (exact) mass is 546 g/mol. The molecule has 0 unspecified atom stereocenters. The first kappa shape index (κ1) is 27.1. The Bertz CT molecular complexity index is 1430. The molecule has 0 saturated heterocycles. The number of hydrogen-bond donors (Lipinski definition) is 2. The van der Waals surface area contributed by atoms with Gasteiger partial charge in [-0.1, -0.05) is 35.3 Å². The first-order chi connectivity index (χ1) is 17.7. The topological polar surface area (TPSA) is 148 Å². The number of hydrogen-bond acceptors (Lipinski definition) is 9. The second-order valence-corrected chi connectivity index (χ2v) is 7.87. The van der Waals surface area contributed by atoms with E-state index in [9.17, 15) is 18.8 Å². The summed E-state index contributed by atoms with van der Waals surface area (Å²) in [7, 11) is 0. The van der Waals surface area contributed by atoms with Crippen LogP contribution in [0.15, 0.2) is 58.7 Å². The van der Waals surface area contributed by atoms with E-state index in [1.807, 2.05) is 5.32 Å². The molecular formula is C23H17Cl2FN6O5. The summed E-state index contributed by atoms with van der Waals surface area (Å²) in [6, 6.07) is 9.88. The van der Waals surface area contributed by atoms with Crippen molar-refractivity contribution in [2.45, 2.75) is 13.5 Å². The van der Waals surface area contributed by atoms with Gasteiger partial charge in [-0.2, -0.15) is 15.3 Å². The van der Waals surface area contributed by atoms with Crippen LogP contribution in [0.5, 0.6) is 11.5 Å². The third kappa shape index (κ3) is 7.50. The van der Waals surface area contributed by atoms with Crippen molar-refractivity contribution < 1.29 is 23.5 Å². The van der Waals surface area contributed by atoms with Gasteiger partial charge in [0.05, 0.1) is 41.3 Å². The Morgan fingerprint density at radius 3 is 2.51 bits per heavy atom. The van der Waals surface area contributed by atoms with E-state index in [2.05, 4.69) is 20.2 Å². The number of rotatable bonds is 8. The van der Waals surface area contributed by atoms with Crippen LogP contribution in [0, 0.1) is 17.1 Å². The van der Waals surface area contributed by atoms with Crippen molar-refractivity contribution in [3.63, 3.8) is 0 Å². The Labute approximate surface area is 219 Å². The lowest BCUT2D eigenvalue weighted by atomic mass is 10.2. The lowest BCUT2D eigenvalue weighted by molar-refractivity contribution is -0.114. The van der Waals surface area contributed by atoms with Crippen molar-refractivity contribution in [2.75, 3.05) is 12.0 Å². The van der Waals surface area contributed by atoms with E-state index in [-0.39, 0.29) is 40.4 Å². The number of alkyl carbamates (subject to hydrolysis) is 1. The number of carbonyl (C=O) groups excluding carboxylic acids is 2. The summed E-state index contributed by atoms with van der Waals surface area (Å²) in [6.45, 7) is 1.71. The SMILES string of the molecule is CCOC(=O)NC(=O)C(C#N)=NNc1cc(Cl)c(Oc2cnc(=O)n(Cc3ccc(F)cc3)c2)c(Cl)c1. The Morgan fingerprint density at radius 2 is 1.89 bits per heavy atom. The minimum absolute atomic E-state index is 0.0240. The molecule has 3 aromatic rings. The van der Waals surface area contributed by atoms with Gasteiger partial charge in [-0.05, 0) is 36.8 Å². The number of nitrogens with one attached hydrogen (secondary N) is 2. The average molecular weight is 547 g/mol. The highest BCUT2D eigenvalue weighted by Gasteiger charge is 2.16. The van der Waals surface area contributed by atoms with Gasteiger partial charge in [0, 0.05) is 0 Å². The van der Waals surface area contributed by atoms with Gasteiger partial charge in [-0.15, -0.1) is 0 Å². The fourth-order valence-corrected chi connectivity index (χ4v) is 3.36.